The fourth-order valence-corrected chi connectivity index (χ4v) is 2.85. The lowest BCUT2D eigenvalue weighted by Crippen LogP contribution is -2.29. The van der Waals surface area contributed by atoms with E-state index in [9.17, 15) is 9.00 Å². The van der Waals surface area contributed by atoms with E-state index in [1.807, 2.05) is 18.2 Å². The third kappa shape index (κ3) is 2.61. The molecule has 1 aliphatic heterocycles. The minimum atomic E-state index is -1.40. The van der Waals surface area contributed by atoms with Crippen molar-refractivity contribution in [3.63, 3.8) is 0 Å². The molecule has 1 aromatic carbocycles. The Bertz CT molecular complexity index is 511. The van der Waals surface area contributed by atoms with Gasteiger partial charge in [0.05, 0.1) is 21.4 Å². The Hall–Kier alpha value is -1.62. The summed E-state index contributed by atoms with van der Waals surface area (Å²) in [6, 6.07) is 7.29. The number of hydrogen-bond donors (Lipinski definition) is 2. The van der Waals surface area contributed by atoms with Crippen molar-refractivity contribution in [2.24, 2.45) is 0 Å². The maximum atomic E-state index is 12.2. The minimum absolute atomic E-state index is 0.260. The summed E-state index contributed by atoms with van der Waals surface area (Å²) in [5.41, 5.74) is 0.793. The van der Waals surface area contributed by atoms with E-state index < -0.39 is 10.8 Å². The Morgan fingerprint density at radius 1 is 1.39 bits per heavy atom. The molecule has 0 aromatic heterocycles. The van der Waals surface area contributed by atoms with Crippen LogP contribution in [0, 0.1) is 0 Å². The molecule has 0 bridgehead atoms. The second kappa shape index (κ2) is 5.82. The van der Waals surface area contributed by atoms with Crippen LogP contribution in [0.25, 0.3) is 0 Å². The van der Waals surface area contributed by atoms with Gasteiger partial charge in [-0.1, -0.05) is 25.5 Å². The molecule has 2 rings (SSSR count). The highest BCUT2D eigenvalue weighted by molar-refractivity contribution is 7.90. The monoisotopic (exact) mass is 264 g/mol. The van der Waals surface area contributed by atoms with Crippen molar-refractivity contribution in [1.82, 2.24) is 5.32 Å². The number of benzene rings is 1. The minimum Gasteiger partial charge on any atom is -0.359 e. The zero-order chi connectivity index (χ0) is 13.0. The standard InChI is InChI=1S/C13H16N2O2S/c1-2-3-8-14-13(16)12-9-15-10-6-4-5-7-11(10)18(12)17/h4-7,9,15H,2-3,8H2,1H3,(H,14,16). The van der Waals surface area contributed by atoms with Crippen molar-refractivity contribution in [1.29, 1.82) is 0 Å². The summed E-state index contributed by atoms with van der Waals surface area (Å²) in [5, 5.41) is 5.77. The number of fused-ring (bicyclic) bond motifs is 1. The maximum Gasteiger partial charge on any atom is 0.262 e. The molecule has 1 heterocycles. The molecular weight excluding hydrogens is 248 g/mol. The van der Waals surface area contributed by atoms with Crippen molar-refractivity contribution in [2.75, 3.05) is 11.9 Å². The molecule has 1 atom stereocenters. The molecule has 1 aromatic rings. The SMILES string of the molecule is CCCCNC(=O)C1=CNc2ccccc2S1=O. The van der Waals surface area contributed by atoms with Crippen LogP contribution in [0.1, 0.15) is 19.8 Å². The number of carbonyl (C=O) groups excluding carboxylic acids is 1. The second-order valence-electron chi connectivity index (χ2n) is 4.03. The first-order valence-corrected chi connectivity index (χ1v) is 7.14. The Balaban J connectivity index is 2.10. The average molecular weight is 264 g/mol. The van der Waals surface area contributed by atoms with Crippen LogP contribution < -0.4 is 10.6 Å². The van der Waals surface area contributed by atoms with Gasteiger partial charge in [-0.15, -0.1) is 0 Å². The molecule has 4 nitrogen and oxygen atoms in total. The van der Waals surface area contributed by atoms with E-state index in [1.54, 1.807) is 6.07 Å². The van der Waals surface area contributed by atoms with Crippen molar-refractivity contribution in [3.05, 3.63) is 35.4 Å². The average Bonchev–Trinajstić information content (AvgIpc) is 2.39. The third-order valence-electron chi connectivity index (χ3n) is 2.68. The smallest absolute Gasteiger partial charge is 0.262 e. The van der Waals surface area contributed by atoms with E-state index in [-0.39, 0.29) is 10.8 Å². The molecule has 1 aliphatic rings. The largest absolute Gasteiger partial charge is 0.359 e. The third-order valence-corrected chi connectivity index (χ3v) is 4.14. The molecule has 5 heteroatoms. The molecule has 1 amide bonds. The molecule has 0 radical (unpaired) electrons. The van der Waals surface area contributed by atoms with Gasteiger partial charge < -0.3 is 10.6 Å². The van der Waals surface area contributed by atoms with Crippen molar-refractivity contribution in [3.8, 4) is 0 Å². The van der Waals surface area contributed by atoms with Gasteiger partial charge in [0.15, 0.2) is 0 Å². The maximum absolute atomic E-state index is 12.2. The van der Waals surface area contributed by atoms with Crippen LogP contribution in [0.4, 0.5) is 5.69 Å². The molecule has 96 valence electrons. The van der Waals surface area contributed by atoms with Crippen LogP contribution in [0.5, 0.6) is 0 Å². The predicted molar refractivity (Wildman–Crippen MR) is 72.5 cm³/mol. The van der Waals surface area contributed by atoms with Crippen LogP contribution in [-0.2, 0) is 15.6 Å². The van der Waals surface area contributed by atoms with Gasteiger partial charge in [-0.25, -0.2) is 4.21 Å². The molecule has 0 fully saturated rings. The van der Waals surface area contributed by atoms with Gasteiger partial charge in [0.2, 0.25) is 0 Å². The van der Waals surface area contributed by atoms with Gasteiger partial charge in [-0.05, 0) is 18.6 Å². The van der Waals surface area contributed by atoms with Crippen LogP contribution in [0.2, 0.25) is 0 Å². The lowest BCUT2D eigenvalue weighted by molar-refractivity contribution is -0.116. The zero-order valence-electron chi connectivity index (χ0n) is 10.2. The van der Waals surface area contributed by atoms with Crippen LogP contribution >= 0.6 is 0 Å². The van der Waals surface area contributed by atoms with E-state index >= 15 is 0 Å². The summed E-state index contributed by atoms with van der Waals surface area (Å²) >= 11 is 0. The molecule has 0 saturated carbocycles. The summed E-state index contributed by atoms with van der Waals surface area (Å²) in [7, 11) is -1.40. The van der Waals surface area contributed by atoms with Crippen molar-refractivity contribution < 1.29 is 9.00 Å². The number of anilines is 1. The lowest BCUT2D eigenvalue weighted by Gasteiger charge is -2.17. The molecule has 0 spiro atoms. The highest BCUT2D eigenvalue weighted by Gasteiger charge is 2.23. The first-order valence-electron chi connectivity index (χ1n) is 5.99. The van der Waals surface area contributed by atoms with Gasteiger partial charge in [-0.3, -0.25) is 4.79 Å². The Morgan fingerprint density at radius 2 is 2.17 bits per heavy atom. The lowest BCUT2D eigenvalue weighted by atomic mass is 10.3. The highest BCUT2D eigenvalue weighted by atomic mass is 32.2. The summed E-state index contributed by atoms with van der Waals surface area (Å²) in [5.74, 6) is -0.260. The summed E-state index contributed by atoms with van der Waals surface area (Å²) in [6.07, 6.45) is 3.47. The molecule has 0 aliphatic carbocycles. The Kier molecular flexibility index (Phi) is 4.15. The van der Waals surface area contributed by atoms with Crippen LogP contribution in [0.3, 0.4) is 0 Å². The van der Waals surface area contributed by atoms with E-state index in [4.69, 9.17) is 0 Å². The first-order chi connectivity index (χ1) is 8.74. The number of hydrogen-bond acceptors (Lipinski definition) is 3. The van der Waals surface area contributed by atoms with Crippen LogP contribution in [0.15, 0.2) is 40.3 Å². The molecule has 0 saturated heterocycles. The predicted octanol–water partition coefficient (Wildman–Crippen LogP) is 1.98. The molecule has 18 heavy (non-hydrogen) atoms. The Morgan fingerprint density at radius 3 is 2.94 bits per heavy atom. The fraction of sp³-hybridized carbons (Fsp3) is 0.308. The fourth-order valence-electron chi connectivity index (χ4n) is 1.68. The molecule has 1 unspecified atom stereocenters. The number of carbonyl (C=O) groups is 1. The van der Waals surface area contributed by atoms with Gasteiger partial charge in [0, 0.05) is 12.7 Å². The summed E-state index contributed by atoms with van der Waals surface area (Å²) < 4.78 is 12.2. The number of rotatable bonds is 4. The molecular formula is C13H16N2O2S. The van der Waals surface area contributed by atoms with Gasteiger partial charge in [-0.2, -0.15) is 0 Å². The van der Waals surface area contributed by atoms with E-state index in [2.05, 4.69) is 17.6 Å². The van der Waals surface area contributed by atoms with Gasteiger partial charge in [0.1, 0.15) is 4.91 Å². The van der Waals surface area contributed by atoms with Gasteiger partial charge >= 0.3 is 0 Å². The van der Waals surface area contributed by atoms with Gasteiger partial charge in [0.25, 0.3) is 5.91 Å². The normalized spacial score (nSPS) is 17.4. The quantitative estimate of drug-likeness (QED) is 0.818. The Labute approximate surface area is 109 Å². The topological polar surface area (TPSA) is 58.2 Å². The number of amides is 1. The van der Waals surface area contributed by atoms with E-state index in [0.29, 0.717) is 11.4 Å². The summed E-state index contributed by atoms with van der Waals surface area (Å²) in [6.45, 7) is 2.67. The second-order valence-corrected chi connectivity index (χ2v) is 5.44. The molecule has 2 N–H and O–H groups in total. The van der Waals surface area contributed by atoms with Crippen molar-refractivity contribution in [2.45, 2.75) is 24.7 Å². The zero-order valence-corrected chi connectivity index (χ0v) is 11.0. The van der Waals surface area contributed by atoms with Crippen LogP contribution in [-0.4, -0.2) is 16.7 Å². The number of unbranched alkanes of at least 4 members (excludes halogenated alkanes) is 1. The van der Waals surface area contributed by atoms with Crippen molar-refractivity contribution >= 4 is 22.4 Å². The van der Waals surface area contributed by atoms with E-state index in [1.165, 1.54) is 6.20 Å². The number of para-hydroxylation sites is 1. The van der Waals surface area contributed by atoms with E-state index in [0.717, 1.165) is 18.5 Å². The number of nitrogens with one attached hydrogen (secondary N) is 2. The summed E-state index contributed by atoms with van der Waals surface area (Å²) in [4.78, 5) is 12.8. The first kappa shape index (κ1) is 12.8. The highest BCUT2D eigenvalue weighted by Crippen LogP contribution is 2.27.